The summed E-state index contributed by atoms with van der Waals surface area (Å²) in [6.07, 6.45) is 1.02. The van der Waals surface area contributed by atoms with Crippen LogP contribution in [-0.4, -0.2) is 50.5 Å². The predicted molar refractivity (Wildman–Crippen MR) is 132 cm³/mol. The van der Waals surface area contributed by atoms with Crippen LogP contribution in [0.1, 0.15) is 45.7 Å². The number of likely N-dealkylation sites (N-methyl/N-ethyl adjacent to an activating group) is 1. The number of anilines is 1. The second kappa shape index (κ2) is 11.0. The van der Waals surface area contributed by atoms with Crippen LogP contribution in [0.4, 0.5) is 10.1 Å². The van der Waals surface area contributed by atoms with Crippen LogP contribution in [0.15, 0.2) is 48.5 Å². The maximum Gasteiger partial charge on any atom is 0.244 e. The fraction of sp³-hybridized carbons (Fsp3) is 0.440. The van der Waals surface area contributed by atoms with Crippen molar-refractivity contribution in [2.75, 3.05) is 23.7 Å². The molecular weight excluding hydrogens is 457 g/mol. The molecule has 2 amide bonds. The summed E-state index contributed by atoms with van der Waals surface area (Å²) in [5.41, 5.74) is 1.46. The zero-order valence-electron chi connectivity index (χ0n) is 20.6. The molecule has 2 aromatic carbocycles. The molecule has 0 spiro atoms. The molecule has 2 rings (SSSR count). The highest BCUT2D eigenvalue weighted by Crippen LogP contribution is 2.26. The molecule has 0 aliphatic rings. The van der Waals surface area contributed by atoms with Gasteiger partial charge in [-0.1, -0.05) is 51.1 Å². The number of carbonyl (C=O) groups excluding carboxylic acids is 2. The number of carbonyl (C=O) groups is 2. The third-order valence-corrected chi connectivity index (χ3v) is 6.66. The fourth-order valence-electron chi connectivity index (χ4n) is 3.46. The first kappa shape index (κ1) is 27.3. The summed E-state index contributed by atoms with van der Waals surface area (Å²) in [4.78, 5) is 27.1. The smallest absolute Gasteiger partial charge is 0.244 e. The Morgan fingerprint density at radius 3 is 2.15 bits per heavy atom. The summed E-state index contributed by atoms with van der Waals surface area (Å²) in [6.45, 7) is 9.08. The van der Waals surface area contributed by atoms with Crippen LogP contribution in [0.25, 0.3) is 0 Å². The van der Waals surface area contributed by atoms with Crippen LogP contribution in [0.3, 0.4) is 0 Å². The van der Waals surface area contributed by atoms with Crippen molar-refractivity contribution >= 4 is 27.5 Å². The lowest BCUT2D eigenvalue weighted by Crippen LogP contribution is -2.51. The highest BCUT2D eigenvalue weighted by Gasteiger charge is 2.30. The molecule has 0 aromatic heterocycles. The Hall–Kier alpha value is -2.94. The number of amides is 2. The Bertz CT molecular complexity index is 1110. The maximum atomic E-state index is 14.3. The molecule has 0 aliphatic carbocycles. The lowest BCUT2D eigenvalue weighted by molar-refractivity contribution is -0.139. The molecule has 0 unspecified atom stereocenters. The van der Waals surface area contributed by atoms with Gasteiger partial charge in [0.05, 0.1) is 11.9 Å². The molecule has 1 N–H and O–H groups in total. The zero-order valence-corrected chi connectivity index (χ0v) is 21.4. The van der Waals surface area contributed by atoms with Gasteiger partial charge in [0.15, 0.2) is 0 Å². The standard InChI is InChI=1S/C25H34FN3O4S/c1-7-27-24(31)18(2)28(16-19-10-8-9-11-22(19)26)23(30)17-29(34(6,32)33)21-14-12-20(13-15-21)25(3,4)5/h8-15,18H,7,16-17H2,1-6H3,(H,27,31)/t18-/m0/s1. The van der Waals surface area contributed by atoms with Gasteiger partial charge in [-0.15, -0.1) is 0 Å². The van der Waals surface area contributed by atoms with Gasteiger partial charge in [-0.2, -0.15) is 0 Å². The number of hydrogen-bond donors (Lipinski definition) is 1. The minimum absolute atomic E-state index is 0.122. The summed E-state index contributed by atoms with van der Waals surface area (Å²) in [6, 6.07) is 12.0. The Labute approximate surface area is 202 Å². The van der Waals surface area contributed by atoms with Gasteiger partial charge in [-0.25, -0.2) is 12.8 Å². The Kier molecular flexibility index (Phi) is 8.83. The van der Waals surface area contributed by atoms with E-state index in [1.165, 1.54) is 30.0 Å². The van der Waals surface area contributed by atoms with Crippen molar-refractivity contribution in [1.29, 1.82) is 0 Å². The summed E-state index contributed by atoms with van der Waals surface area (Å²) >= 11 is 0. The van der Waals surface area contributed by atoms with Gasteiger partial charge in [0.25, 0.3) is 0 Å². The molecule has 1 atom stereocenters. The summed E-state index contributed by atoms with van der Waals surface area (Å²) < 4.78 is 40.5. The van der Waals surface area contributed by atoms with Gasteiger partial charge in [0.2, 0.25) is 21.8 Å². The summed E-state index contributed by atoms with van der Waals surface area (Å²) in [7, 11) is -3.82. The first-order chi connectivity index (χ1) is 15.8. The van der Waals surface area contributed by atoms with Gasteiger partial charge < -0.3 is 10.2 Å². The number of nitrogens with one attached hydrogen (secondary N) is 1. The van der Waals surface area contributed by atoms with E-state index in [9.17, 15) is 22.4 Å². The van der Waals surface area contributed by atoms with Gasteiger partial charge in [-0.05, 0) is 43.0 Å². The molecule has 0 aliphatic heterocycles. The van der Waals surface area contributed by atoms with Crippen LogP contribution in [-0.2, 0) is 31.6 Å². The molecule has 186 valence electrons. The molecule has 0 saturated carbocycles. The first-order valence-electron chi connectivity index (χ1n) is 11.1. The molecule has 2 aromatic rings. The normalized spacial score (nSPS) is 12.7. The molecule has 0 bridgehead atoms. The topological polar surface area (TPSA) is 86.8 Å². The average molecular weight is 492 g/mol. The van der Waals surface area contributed by atoms with E-state index in [0.717, 1.165) is 16.1 Å². The average Bonchev–Trinajstić information content (AvgIpc) is 2.75. The third-order valence-electron chi connectivity index (χ3n) is 5.52. The number of benzene rings is 2. The van der Waals surface area contributed by atoms with Crippen molar-refractivity contribution < 1.29 is 22.4 Å². The van der Waals surface area contributed by atoms with E-state index in [4.69, 9.17) is 0 Å². The second-order valence-corrected chi connectivity index (χ2v) is 11.2. The third kappa shape index (κ3) is 7.03. The minimum atomic E-state index is -3.82. The first-order valence-corrected chi connectivity index (χ1v) is 13.0. The van der Waals surface area contributed by atoms with Crippen LogP contribution in [0.5, 0.6) is 0 Å². The highest BCUT2D eigenvalue weighted by atomic mass is 32.2. The van der Waals surface area contributed by atoms with Gasteiger partial charge in [0.1, 0.15) is 18.4 Å². The highest BCUT2D eigenvalue weighted by molar-refractivity contribution is 7.92. The van der Waals surface area contributed by atoms with Crippen molar-refractivity contribution in [2.45, 2.75) is 52.6 Å². The lowest BCUT2D eigenvalue weighted by Gasteiger charge is -2.31. The SMILES string of the molecule is CCNC(=O)[C@H](C)N(Cc1ccccc1F)C(=O)CN(c1ccc(C(C)(C)C)cc1)S(C)(=O)=O. The van der Waals surface area contributed by atoms with Crippen LogP contribution in [0, 0.1) is 5.82 Å². The number of nitrogens with zero attached hydrogens (tertiary/aromatic N) is 2. The molecule has 0 saturated heterocycles. The Morgan fingerprint density at radius 1 is 1.06 bits per heavy atom. The van der Waals surface area contributed by atoms with E-state index in [2.05, 4.69) is 5.32 Å². The van der Waals surface area contributed by atoms with Crippen LogP contribution in [0.2, 0.25) is 0 Å². The van der Waals surface area contributed by atoms with Crippen molar-refractivity contribution in [3.63, 3.8) is 0 Å². The number of hydrogen-bond acceptors (Lipinski definition) is 4. The van der Waals surface area contributed by atoms with E-state index in [1.54, 1.807) is 25.1 Å². The predicted octanol–water partition coefficient (Wildman–Crippen LogP) is 3.44. The fourth-order valence-corrected chi connectivity index (χ4v) is 4.31. The molecular formula is C25H34FN3O4S. The number of rotatable bonds is 9. The van der Waals surface area contributed by atoms with E-state index >= 15 is 0 Å². The summed E-state index contributed by atoms with van der Waals surface area (Å²) in [5.74, 6) is -1.54. The van der Waals surface area contributed by atoms with E-state index in [0.29, 0.717) is 12.2 Å². The van der Waals surface area contributed by atoms with Crippen molar-refractivity contribution in [2.24, 2.45) is 0 Å². The largest absolute Gasteiger partial charge is 0.355 e. The van der Waals surface area contributed by atoms with Gasteiger partial charge in [0, 0.05) is 18.7 Å². The quantitative estimate of drug-likeness (QED) is 0.582. The van der Waals surface area contributed by atoms with Crippen LogP contribution >= 0.6 is 0 Å². The van der Waals surface area contributed by atoms with Crippen molar-refractivity contribution in [3.05, 3.63) is 65.5 Å². The van der Waals surface area contributed by atoms with Crippen LogP contribution < -0.4 is 9.62 Å². The number of halogens is 1. The monoisotopic (exact) mass is 491 g/mol. The Balaban J connectivity index is 2.40. The molecule has 0 fully saturated rings. The molecule has 0 heterocycles. The van der Waals surface area contributed by atoms with E-state index in [1.807, 2.05) is 32.9 Å². The summed E-state index contributed by atoms with van der Waals surface area (Å²) in [5, 5.41) is 2.66. The van der Waals surface area contributed by atoms with E-state index < -0.39 is 40.2 Å². The van der Waals surface area contributed by atoms with Crippen molar-refractivity contribution in [3.8, 4) is 0 Å². The van der Waals surface area contributed by atoms with Gasteiger partial charge in [-0.3, -0.25) is 13.9 Å². The molecule has 0 radical (unpaired) electrons. The molecule has 34 heavy (non-hydrogen) atoms. The second-order valence-electron chi connectivity index (χ2n) is 9.25. The van der Waals surface area contributed by atoms with E-state index in [-0.39, 0.29) is 17.5 Å². The zero-order chi connectivity index (χ0) is 25.7. The van der Waals surface area contributed by atoms with Gasteiger partial charge >= 0.3 is 0 Å². The number of sulfonamides is 1. The molecule has 7 nitrogen and oxygen atoms in total. The lowest BCUT2D eigenvalue weighted by atomic mass is 9.87. The Morgan fingerprint density at radius 2 is 1.65 bits per heavy atom. The van der Waals surface area contributed by atoms with Crippen molar-refractivity contribution in [1.82, 2.24) is 10.2 Å². The minimum Gasteiger partial charge on any atom is -0.355 e. The maximum absolute atomic E-state index is 14.3. The molecule has 9 heteroatoms.